The van der Waals surface area contributed by atoms with Crippen molar-refractivity contribution in [1.29, 1.82) is 0 Å². The zero-order chi connectivity index (χ0) is 17.1. The Morgan fingerprint density at radius 3 is 2.54 bits per heavy atom. The lowest BCUT2D eigenvalue weighted by atomic mass is 10.1. The van der Waals surface area contributed by atoms with Crippen molar-refractivity contribution in [2.24, 2.45) is 10.2 Å². The van der Waals surface area contributed by atoms with E-state index in [9.17, 15) is 15.2 Å². The predicted octanol–water partition coefficient (Wildman–Crippen LogP) is 4.27. The molecule has 3 rings (SSSR count). The van der Waals surface area contributed by atoms with Gasteiger partial charge in [-0.25, -0.2) is 4.98 Å². The minimum atomic E-state index is -0.548. The predicted molar refractivity (Wildman–Crippen MR) is 87.2 cm³/mol. The van der Waals surface area contributed by atoms with E-state index in [0.717, 1.165) is 11.6 Å². The molecule has 0 atom stereocenters. The zero-order valence-corrected chi connectivity index (χ0v) is 12.6. The number of phenolic OH excluding ortho intramolecular Hbond substituents is 1. The number of phenols is 1. The van der Waals surface area contributed by atoms with Gasteiger partial charge in [0.15, 0.2) is 11.6 Å². The molecular formula is C16H12N4O4. The number of pyridine rings is 1. The summed E-state index contributed by atoms with van der Waals surface area (Å²) in [5, 5.41) is 30.1. The van der Waals surface area contributed by atoms with Crippen LogP contribution in [0.15, 0.2) is 58.9 Å². The van der Waals surface area contributed by atoms with Gasteiger partial charge < -0.3 is 9.84 Å². The Bertz CT molecular complexity index is 939. The van der Waals surface area contributed by atoms with Crippen LogP contribution in [0, 0.1) is 10.1 Å². The topological polar surface area (TPSA) is 110 Å². The molecule has 0 aliphatic rings. The van der Waals surface area contributed by atoms with E-state index in [1.165, 1.54) is 19.2 Å². The molecule has 120 valence electrons. The quantitative estimate of drug-likeness (QED) is 0.437. The second-order valence-electron chi connectivity index (χ2n) is 4.82. The zero-order valence-electron chi connectivity index (χ0n) is 12.6. The second kappa shape index (κ2) is 6.29. The number of fused-ring (bicyclic) bond motifs is 1. The Morgan fingerprint density at radius 2 is 1.92 bits per heavy atom. The normalized spacial score (nSPS) is 11.0. The maximum atomic E-state index is 10.6. The molecule has 1 aromatic heterocycles. The molecule has 0 spiro atoms. The van der Waals surface area contributed by atoms with Crippen LogP contribution in [-0.4, -0.2) is 22.1 Å². The molecule has 24 heavy (non-hydrogen) atoms. The molecule has 0 saturated heterocycles. The van der Waals surface area contributed by atoms with E-state index in [-0.39, 0.29) is 22.9 Å². The number of azo groups is 1. The van der Waals surface area contributed by atoms with Crippen molar-refractivity contribution in [3.63, 3.8) is 0 Å². The lowest BCUT2D eigenvalue weighted by Gasteiger charge is -2.08. The van der Waals surface area contributed by atoms with Gasteiger partial charge in [-0.1, -0.05) is 24.3 Å². The van der Waals surface area contributed by atoms with Gasteiger partial charge in [-0.15, -0.1) is 10.2 Å². The van der Waals surface area contributed by atoms with Crippen LogP contribution in [0.25, 0.3) is 10.8 Å². The largest absolute Gasteiger partial charge is 0.505 e. The van der Waals surface area contributed by atoms with Crippen molar-refractivity contribution in [2.45, 2.75) is 0 Å². The number of aromatic nitrogens is 1. The Balaban J connectivity index is 2.00. The lowest BCUT2D eigenvalue weighted by Crippen LogP contribution is -1.87. The highest BCUT2D eigenvalue weighted by atomic mass is 16.6. The molecule has 0 amide bonds. The van der Waals surface area contributed by atoms with Gasteiger partial charge in [0.1, 0.15) is 17.6 Å². The lowest BCUT2D eigenvalue weighted by molar-refractivity contribution is -0.385. The summed E-state index contributed by atoms with van der Waals surface area (Å²) in [5.41, 5.74) is 0.0786. The van der Waals surface area contributed by atoms with E-state index in [1.54, 1.807) is 18.2 Å². The smallest absolute Gasteiger partial charge is 0.287 e. The summed E-state index contributed by atoms with van der Waals surface area (Å²) in [7, 11) is 1.53. The van der Waals surface area contributed by atoms with Gasteiger partial charge in [-0.05, 0) is 6.07 Å². The van der Waals surface area contributed by atoms with Gasteiger partial charge in [0.05, 0.1) is 12.0 Å². The molecule has 1 N–H and O–H groups in total. The molecule has 0 aliphatic heterocycles. The van der Waals surface area contributed by atoms with E-state index in [0.29, 0.717) is 11.1 Å². The first kappa shape index (κ1) is 15.3. The van der Waals surface area contributed by atoms with Gasteiger partial charge in [-0.3, -0.25) is 10.1 Å². The van der Waals surface area contributed by atoms with Crippen LogP contribution in [0.5, 0.6) is 11.5 Å². The van der Waals surface area contributed by atoms with Gasteiger partial charge in [-0.2, -0.15) is 0 Å². The van der Waals surface area contributed by atoms with Gasteiger partial charge >= 0.3 is 0 Å². The molecule has 0 fully saturated rings. The Hall–Kier alpha value is -3.55. The fraction of sp³-hybridized carbons (Fsp3) is 0.0625. The number of nitrogens with zero attached hydrogens (tertiary/aromatic N) is 4. The molecule has 0 saturated carbocycles. The maximum absolute atomic E-state index is 10.6. The highest BCUT2D eigenvalue weighted by Crippen LogP contribution is 2.41. The van der Waals surface area contributed by atoms with Crippen molar-refractivity contribution >= 4 is 28.0 Å². The third-order valence-electron chi connectivity index (χ3n) is 3.38. The minimum Gasteiger partial charge on any atom is -0.505 e. The molecule has 3 aromatic rings. The number of methoxy groups -OCH3 is 1. The number of rotatable bonds is 4. The number of hydrogen-bond donors (Lipinski definition) is 1. The van der Waals surface area contributed by atoms with Crippen LogP contribution in [0.4, 0.5) is 17.2 Å². The standard InChI is InChI=1S/C16H12N4O4/c1-24-14-8-13(16(21)12-5-3-2-4-11(12)14)18-19-15-7-6-10(9-17-15)20(22)23/h2-9,21H,1H3. The Morgan fingerprint density at radius 1 is 1.17 bits per heavy atom. The maximum Gasteiger partial charge on any atom is 0.287 e. The molecule has 0 unspecified atom stereocenters. The third-order valence-corrected chi connectivity index (χ3v) is 3.38. The average Bonchev–Trinajstić information content (AvgIpc) is 2.61. The highest BCUT2D eigenvalue weighted by Gasteiger charge is 2.11. The summed E-state index contributed by atoms with van der Waals surface area (Å²) in [6.45, 7) is 0. The first-order valence-corrected chi connectivity index (χ1v) is 6.91. The summed E-state index contributed by atoms with van der Waals surface area (Å²) in [6.07, 6.45) is 1.09. The summed E-state index contributed by atoms with van der Waals surface area (Å²) < 4.78 is 5.31. The van der Waals surface area contributed by atoms with E-state index in [1.807, 2.05) is 12.1 Å². The Labute approximate surface area is 136 Å². The van der Waals surface area contributed by atoms with Gasteiger partial charge in [0, 0.05) is 22.9 Å². The van der Waals surface area contributed by atoms with E-state index < -0.39 is 4.92 Å². The number of aromatic hydroxyl groups is 1. The number of benzene rings is 2. The number of nitro groups is 1. The Kier molecular flexibility index (Phi) is 4.02. The first-order valence-electron chi connectivity index (χ1n) is 6.91. The van der Waals surface area contributed by atoms with Crippen LogP contribution in [-0.2, 0) is 0 Å². The van der Waals surface area contributed by atoms with Crippen molar-refractivity contribution in [2.75, 3.05) is 7.11 Å². The van der Waals surface area contributed by atoms with Crippen molar-refractivity contribution < 1.29 is 14.8 Å². The molecule has 0 bridgehead atoms. The number of hydrogen-bond acceptors (Lipinski definition) is 7. The van der Waals surface area contributed by atoms with E-state index in [2.05, 4.69) is 15.2 Å². The summed E-state index contributed by atoms with van der Waals surface area (Å²) >= 11 is 0. The molecule has 0 radical (unpaired) electrons. The summed E-state index contributed by atoms with van der Waals surface area (Å²) in [4.78, 5) is 13.9. The number of ether oxygens (including phenoxy) is 1. The fourth-order valence-electron chi connectivity index (χ4n) is 2.21. The van der Waals surface area contributed by atoms with Crippen molar-refractivity contribution in [3.05, 3.63) is 58.8 Å². The molecular weight excluding hydrogens is 312 g/mol. The van der Waals surface area contributed by atoms with Gasteiger partial charge in [0.25, 0.3) is 5.69 Å². The second-order valence-corrected chi connectivity index (χ2v) is 4.82. The van der Waals surface area contributed by atoms with E-state index >= 15 is 0 Å². The molecule has 8 nitrogen and oxygen atoms in total. The van der Waals surface area contributed by atoms with Crippen LogP contribution in [0.3, 0.4) is 0 Å². The first-order chi connectivity index (χ1) is 11.6. The highest BCUT2D eigenvalue weighted by molar-refractivity contribution is 5.97. The fourth-order valence-corrected chi connectivity index (χ4v) is 2.21. The third kappa shape index (κ3) is 2.84. The van der Waals surface area contributed by atoms with Gasteiger partial charge in [0.2, 0.25) is 0 Å². The molecule has 1 heterocycles. The van der Waals surface area contributed by atoms with Crippen LogP contribution in [0.2, 0.25) is 0 Å². The van der Waals surface area contributed by atoms with Crippen LogP contribution < -0.4 is 4.74 Å². The average molecular weight is 324 g/mol. The molecule has 8 heteroatoms. The van der Waals surface area contributed by atoms with E-state index in [4.69, 9.17) is 4.74 Å². The monoisotopic (exact) mass is 324 g/mol. The van der Waals surface area contributed by atoms with Crippen molar-refractivity contribution in [3.8, 4) is 11.5 Å². The SMILES string of the molecule is COc1cc(N=Nc2ccc([N+](=O)[O-])cn2)c(O)c2ccccc12. The molecule has 0 aliphatic carbocycles. The minimum absolute atomic E-state index is 0.0305. The molecule has 2 aromatic carbocycles. The van der Waals surface area contributed by atoms with Crippen LogP contribution in [0.1, 0.15) is 0 Å². The summed E-state index contributed by atoms with van der Waals surface area (Å²) in [5.74, 6) is 0.707. The summed E-state index contributed by atoms with van der Waals surface area (Å²) in [6, 6.07) is 11.4. The van der Waals surface area contributed by atoms with Crippen molar-refractivity contribution in [1.82, 2.24) is 4.98 Å². The van der Waals surface area contributed by atoms with Crippen LogP contribution >= 0.6 is 0 Å².